The Bertz CT molecular complexity index is 637. The van der Waals surface area contributed by atoms with Crippen LogP contribution < -0.4 is 4.74 Å². The third kappa shape index (κ3) is 3.75. The molecule has 1 saturated heterocycles. The normalized spacial score (nSPS) is 17.6. The fourth-order valence-corrected chi connectivity index (χ4v) is 2.94. The van der Waals surface area contributed by atoms with Crippen LogP contribution in [0.1, 0.15) is 30.1 Å². The first kappa shape index (κ1) is 14.4. The number of halogens is 1. The van der Waals surface area contributed by atoms with Gasteiger partial charge in [-0.1, -0.05) is 24.3 Å². The number of rotatable bonds is 4. The van der Waals surface area contributed by atoms with Crippen LogP contribution in [0.2, 0.25) is 0 Å². The van der Waals surface area contributed by atoms with Crippen LogP contribution in [-0.4, -0.2) is 5.97 Å². The highest BCUT2D eigenvalue weighted by Crippen LogP contribution is 2.30. The summed E-state index contributed by atoms with van der Waals surface area (Å²) in [6, 6.07) is 16.0. The Hall–Kier alpha value is -1.56. The Kier molecular flexibility index (Phi) is 4.43. The second-order valence-corrected chi connectivity index (χ2v) is 6.25. The highest BCUT2D eigenvalue weighted by molar-refractivity contribution is 14.1. The van der Waals surface area contributed by atoms with Crippen LogP contribution in [0.5, 0.6) is 5.75 Å². The van der Waals surface area contributed by atoms with E-state index in [0.717, 1.165) is 23.3 Å². The Balaban J connectivity index is 1.61. The van der Waals surface area contributed by atoms with E-state index in [1.165, 1.54) is 3.57 Å². The monoisotopic (exact) mass is 394 g/mol. The van der Waals surface area contributed by atoms with E-state index in [-0.39, 0.29) is 12.1 Å². The molecule has 0 bridgehead atoms. The fourth-order valence-electron chi connectivity index (χ4n) is 2.33. The summed E-state index contributed by atoms with van der Waals surface area (Å²) in [6.07, 6.45) is 1.18. The molecule has 1 aliphatic rings. The minimum atomic E-state index is -0.112. The molecule has 1 aliphatic heterocycles. The summed E-state index contributed by atoms with van der Waals surface area (Å²) < 4.78 is 12.2. The molecule has 2 aromatic rings. The number of esters is 1. The summed E-state index contributed by atoms with van der Waals surface area (Å²) in [5, 5.41) is 0. The molecule has 0 N–H and O–H groups in total. The van der Waals surface area contributed by atoms with Crippen LogP contribution in [0.4, 0.5) is 0 Å². The Labute approximate surface area is 137 Å². The molecule has 0 amide bonds. The summed E-state index contributed by atoms with van der Waals surface area (Å²) in [5.74, 6) is 0.709. The van der Waals surface area contributed by atoms with Gasteiger partial charge in [0.05, 0.1) is 0 Å². The lowest BCUT2D eigenvalue weighted by molar-refractivity contribution is -0.141. The Morgan fingerprint density at radius 1 is 1.19 bits per heavy atom. The number of ether oxygens (including phenoxy) is 2. The van der Waals surface area contributed by atoms with Crippen molar-refractivity contribution in [3.63, 3.8) is 0 Å². The second-order valence-electron chi connectivity index (χ2n) is 5.00. The molecular formula is C17H15IO3. The quantitative estimate of drug-likeness (QED) is 0.575. The maximum Gasteiger partial charge on any atom is 0.306 e. The Morgan fingerprint density at radius 2 is 2.00 bits per heavy atom. The summed E-state index contributed by atoms with van der Waals surface area (Å²) in [5.41, 5.74) is 2.18. The van der Waals surface area contributed by atoms with E-state index < -0.39 is 0 Å². The highest BCUT2D eigenvalue weighted by Gasteiger charge is 2.24. The van der Waals surface area contributed by atoms with Gasteiger partial charge in [-0.05, 0) is 64.4 Å². The fraction of sp³-hybridized carbons (Fsp3) is 0.235. The van der Waals surface area contributed by atoms with Crippen LogP contribution in [0.15, 0.2) is 48.5 Å². The van der Waals surface area contributed by atoms with Gasteiger partial charge >= 0.3 is 5.97 Å². The summed E-state index contributed by atoms with van der Waals surface area (Å²) in [4.78, 5) is 11.1. The molecule has 3 rings (SSSR count). The molecule has 0 aromatic heterocycles. The minimum Gasteiger partial charge on any atom is -0.489 e. The molecular weight excluding hydrogens is 379 g/mol. The lowest BCUT2D eigenvalue weighted by Crippen LogP contribution is -1.99. The zero-order valence-corrected chi connectivity index (χ0v) is 13.6. The van der Waals surface area contributed by atoms with Crippen molar-refractivity contribution in [1.82, 2.24) is 0 Å². The van der Waals surface area contributed by atoms with Crippen molar-refractivity contribution >= 4 is 28.6 Å². The van der Waals surface area contributed by atoms with E-state index in [9.17, 15) is 4.79 Å². The van der Waals surface area contributed by atoms with E-state index in [2.05, 4.69) is 40.8 Å². The summed E-state index contributed by atoms with van der Waals surface area (Å²) >= 11 is 2.29. The first-order valence-electron chi connectivity index (χ1n) is 6.87. The lowest BCUT2D eigenvalue weighted by atomic mass is 10.1. The molecule has 3 nitrogen and oxygen atoms in total. The number of carbonyl (C=O) groups excluding carboxylic acids is 1. The van der Waals surface area contributed by atoms with Gasteiger partial charge in [-0.25, -0.2) is 0 Å². The smallest absolute Gasteiger partial charge is 0.306 e. The number of hydrogen-bond donors (Lipinski definition) is 0. The molecule has 2 aromatic carbocycles. The predicted molar refractivity (Wildman–Crippen MR) is 88.0 cm³/mol. The molecule has 108 valence electrons. The lowest BCUT2D eigenvalue weighted by Gasteiger charge is -2.11. The van der Waals surface area contributed by atoms with Crippen molar-refractivity contribution in [2.45, 2.75) is 25.6 Å². The molecule has 1 heterocycles. The SMILES string of the molecule is O=C1CCC(c2ccc(OCc3cccc(I)c3)cc2)O1. The average molecular weight is 394 g/mol. The predicted octanol–water partition coefficient (Wildman–Crippen LogP) is 4.25. The van der Waals surface area contributed by atoms with Gasteiger partial charge < -0.3 is 9.47 Å². The first-order valence-corrected chi connectivity index (χ1v) is 7.95. The largest absolute Gasteiger partial charge is 0.489 e. The van der Waals surface area contributed by atoms with Crippen LogP contribution in [-0.2, 0) is 16.1 Å². The van der Waals surface area contributed by atoms with Crippen LogP contribution in [0.3, 0.4) is 0 Å². The molecule has 0 radical (unpaired) electrons. The zero-order chi connectivity index (χ0) is 14.7. The van der Waals surface area contributed by atoms with Crippen molar-refractivity contribution < 1.29 is 14.3 Å². The summed E-state index contributed by atoms with van der Waals surface area (Å²) in [7, 11) is 0. The van der Waals surface area contributed by atoms with Crippen LogP contribution in [0, 0.1) is 3.57 Å². The standard InChI is InChI=1S/C17H15IO3/c18-14-3-1-2-12(10-14)11-20-15-6-4-13(5-7-15)16-8-9-17(19)21-16/h1-7,10,16H,8-9,11H2. The van der Waals surface area contributed by atoms with E-state index in [4.69, 9.17) is 9.47 Å². The van der Waals surface area contributed by atoms with Crippen molar-refractivity contribution in [3.8, 4) is 5.75 Å². The van der Waals surface area contributed by atoms with E-state index >= 15 is 0 Å². The average Bonchev–Trinajstić information content (AvgIpc) is 2.92. The minimum absolute atomic E-state index is 0.0951. The van der Waals surface area contributed by atoms with E-state index in [1.54, 1.807) is 0 Å². The number of carbonyl (C=O) groups is 1. The van der Waals surface area contributed by atoms with Crippen molar-refractivity contribution in [3.05, 3.63) is 63.2 Å². The molecule has 0 spiro atoms. The van der Waals surface area contributed by atoms with Gasteiger partial charge in [-0.2, -0.15) is 0 Å². The molecule has 0 saturated carbocycles. The maximum absolute atomic E-state index is 11.1. The van der Waals surface area contributed by atoms with Gasteiger partial charge in [-0.15, -0.1) is 0 Å². The maximum atomic E-state index is 11.1. The second kappa shape index (κ2) is 6.47. The van der Waals surface area contributed by atoms with Gasteiger partial charge in [0.15, 0.2) is 0 Å². The van der Waals surface area contributed by atoms with Gasteiger partial charge in [0.2, 0.25) is 0 Å². The third-order valence-corrected chi connectivity index (χ3v) is 4.10. The van der Waals surface area contributed by atoms with Crippen LogP contribution in [0.25, 0.3) is 0 Å². The molecule has 1 unspecified atom stereocenters. The summed E-state index contributed by atoms with van der Waals surface area (Å²) in [6.45, 7) is 0.550. The van der Waals surface area contributed by atoms with Crippen molar-refractivity contribution in [2.75, 3.05) is 0 Å². The molecule has 1 atom stereocenters. The number of hydrogen-bond acceptors (Lipinski definition) is 3. The topological polar surface area (TPSA) is 35.5 Å². The molecule has 1 fully saturated rings. The first-order chi connectivity index (χ1) is 10.2. The van der Waals surface area contributed by atoms with Crippen molar-refractivity contribution in [2.24, 2.45) is 0 Å². The molecule has 21 heavy (non-hydrogen) atoms. The molecule has 0 aliphatic carbocycles. The van der Waals surface area contributed by atoms with Gasteiger partial charge in [0.1, 0.15) is 18.5 Å². The van der Waals surface area contributed by atoms with Gasteiger partial charge in [0, 0.05) is 9.99 Å². The number of benzene rings is 2. The molecule has 4 heteroatoms. The van der Waals surface area contributed by atoms with E-state index in [0.29, 0.717) is 13.0 Å². The van der Waals surface area contributed by atoms with Crippen LogP contribution >= 0.6 is 22.6 Å². The van der Waals surface area contributed by atoms with Gasteiger partial charge in [-0.3, -0.25) is 4.79 Å². The zero-order valence-electron chi connectivity index (χ0n) is 11.4. The Morgan fingerprint density at radius 3 is 2.67 bits per heavy atom. The van der Waals surface area contributed by atoms with Gasteiger partial charge in [0.25, 0.3) is 0 Å². The third-order valence-electron chi connectivity index (χ3n) is 3.43. The highest BCUT2D eigenvalue weighted by atomic mass is 127. The van der Waals surface area contributed by atoms with Crippen molar-refractivity contribution in [1.29, 1.82) is 0 Å². The number of cyclic esters (lactones) is 1. The van der Waals surface area contributed by atoms with E-state index in [1.807, 2.05) is 30.3 Å².